The van der Waals surface area contributed by atoms with Crippen molar-refractivity contribution in [2.24, 2.45) is 5.92 Å². The molecule has 8 rings (SSSR count). The van der Waals surface area contributed by atoms with Crippen molar-refractivity contribution < 1.29 is 23.9 Å². The summed E-state index contributed by atoms with van der Waals surface area (Å²) in [4.78, 5) is 73.9. The second kappa shape index (κ2) is 16.9. The second-order valence-electron chi connectivity index (χ2n) is 16.3. The molecular weight excluding hydrogens is 757 g/mol. The van der Waals surface area contributed by atoms with Crippen LogP contribution in [0.5, 0.6) is 0 Å². The van der Waals surface area contributed by atoms with Crippen LogP contribution in [0.2, 0.25) is 0 Å². The first kappa shape index (κ1) is 40.2. The summed E-state index contributed by atoms with van der Waals surface area (Å²) >= 11 is 0. The summed E-state index contributed by atoms with van der Waals surface area (Å²) in [6.45, 7) is 4.31. The monoisotopic (exact) mass is 806 g/mol. The molecule has 3 N–H and O–H groups in total. The average molecular weight is 807 g/mol. The molecule has 0 radical (unpaired) electrons. The number of imidazole rings is 2. The number of hydrogen-bond acceptors (Lipinski definition) is 8. The van der Waals surface area contributed by atoms with Crippen LogP contribution in [-0.2, 0) is 19.1 Å². The molecule has 3 amide bonds. The summed E-state index contributed by atoms with van der Waals surface area (Å²) in [5.41, 5.74) is 6.76. The third-order valence-corrected chi connectivity index (χ3v) is 11.7. The zero-order chi connectivity index (χ0) is 42.1. The second-order valence-corrected chi connectivity index (χ2v) is 16.3. The maximum Gasteiger partial charge on any atom is 0.407 e. The number of Topliss-reactive ketones (excluding diaryl/α,β-unsaturated/α-hetero) is 1. The smallest absolute Gasteiger partial charge is 0.407 e. The van der Waals surface area contributed by atoms with Crippen LogP contribution in [0.1, 0.15) is 68.4 Å². The van der Waals surface area contributed by atoms with Gasteiger partial charge in [-0.1, -0.05) is 92.7 Å². The fourth-order valence-corrected chi connectivity index (χ4v) is 8.55. The first-order chi connectivity index (χ1) is 29.0. The molecular formula is C47H50N8O5. The first-order valence-corrected chi connectivity index (χ1v) is 20.4. The lowest BCUT2D eigenvalue weighted by Gasteiger charge is -2.31. The molecule has 0 aliphatic carbocycles. The van der Waals surface area contributed by atoms with Crippen LogP contribution in [0.15, 0.2) is 103 Å². The number of ether oxygens (including phenoxy) is 1. The molecule has 2 aliphatic rings. The molecule has 4 atom stereocenters. The number of carbonyl (C=O) groups is 4. The number of likely N-dealkylation sites (N-methyl/N-ethyl adjacent to an activating group) is 1. The maximum absolute atomic E-state index is 13.9. The molecule has 0 spiro atoms. The molecule has 2 fully saturated rings. The number of fused-ring (bicyclic) bond motifs is 1. The van der Waals surface area contributed by atoms with Gasteiger partial charge in [-0.15, -0.1) is 0 Å². The number of H-pyrrole nitrogens is 2. The SMILES string of the molecule is COC(=O)N[C@H](C(=O)N1CC(=O)C[C@H]1c1ncc(-c2ccc3cc(-c4ccc(-c5cnc([C@@H]6CCCN6C(=O)[C@@H](c6ccccc6)N(C)C)[nH]5)cc4)ccc3c2)[nH]1)C(C)C. The van der Waals surface area contributed by atoms with Crippen molar-refractivity contribution in [3.63, 3.8) is 0 Å². The Kier molecular flexibility index (Phi) is 11.3. The fraction of sp³-hybridized carbons (Fsp3) is 0.319. The van der Waals surface area contributed by atoms with Gasteiger partial charge in [-0.25, -0.2) is 14.8 Å². The number of nitrogens with one attached hydrogen (secondary N) is 3. The summed E-state index contributed by atoms with van der Waals surface area (Å²) in [5, 5.41) is 4.74. The minimum absolute atomic E-state index is 0.0487. The standard InChI is InChI=1S/C47H50N8O5/c1-28(2)41(52-47(59)60-5)45(57)55-27-36(56)24-40(55)44-49-26-38(51-44)35-20-19-33-22-32(17-18-34(33)23-35)29-13-15-30(16-14-29)37-25-48-43(50-37)39-12-9-21-54(39)46(58)42(53(3)4)31-10-7-6-8-11-31/h6-8,10-11,13-20,22-23,25-26,28,39-42H,9,12,21,24,27H2,1-5H3,(H,48,50)(H,49,51)(H,52,59)/t39-,40-,41-,42+/m0/s1. The van der Waals surface area contributed by atoms with E-state index >= 15 is 0 Å². The fourth-order valence-electron chi connectivity index (χ4n) is 8.55. The number of likely N-dealkylation sites (tertiary alicyclic amines) is 2. The van der Waals surface area contributed by atoms with E-state index < -0.39 is 18.2 Å². The number of methoxy groups -OCH3 is 1. The average Bonchev–Trinajstić information content (AvgIpc) is 4.09. The number of nitrogens with zero attached hydrogens (tertiary/aromatic N) is 5. The van der Waals surface area contributed by atoms with E-state index in [1.807, 2.05) is 80.3 Å². The van der Waals surface area contributed by atoms with Crippen LogP contribution in [0.25, 0.3) is 44.4 Å². The summed E-state index contributed by atoms with van der Waals surface area (Å²) < 4.78 is 4.73. The number of hydrogen-bond donors (Lipinski definition) is 3. The molecule has 6 aromatic rings. The van der Waals surface area contributed by atoms with Crippen molar-refractivity contribution in [1.82, 2.24) is 40.0 Å². The highest BCUT2D eigenvalue weighted by atomic mass is 16.5. The normalized spacial score (nSPS) is 17.8. The van der Waals surface area contributed by atoms with Crippen LogP contribution in [0.3, 0.4) is 0 Å². The third kappa shape index (κ3) is 8.04. The number of aromatic amines is 2. The van der Waals surface area contributed by atoms with Gasteiger partial charge in [-0.3, -0.25) is 19.3 Å². The third-order valence-electron chi connectivity index (χ3n) is 11.7. The van der Waals surface area contributed by atoms with Crippen LogP contribution in [0, 0.1) is 5.92 Å². The van der Waals surface area contributed by atoms with Gasteiger partial charge in [0.05, 0.1) is 49.5 Å². The summed E-state index contributed by atoms with van der Waals surface area (Å²) in [7, 11) is 5.14. The minimum atomic E-state index is -0.844. The van der Waals surface area contributed by atoms with Gasteiger partial charge in [0.25, 0.3) is 0 Å². The van der Waals surface area contributed by atoms with Crippen molar-refractivity contribution >= 4 is 34.5 Å². The van der Waals surface area contributed by atoms with E-state index in [-0.39, 0.29) is 48.6 Å². The number of alkyl carbamates (subject to hydrolysis) is 1. The quantitative estimate of drug-likeness (QED) is 0.122. The summed E-state index contributed by atoms with van der Waals surface area (Å²) in [6.07, 6.45) is 4.81. The Hall–Kier alpha value is -6.60. The number of ketones is 1. The summed E-state index contributed by atoms with van der Waals surface area (Å²) in [6, 6.07) is 29.0. The molecule has 4 aromatic carbocycles. The van der Waals surface area contributed by atoms with Gasteiger partial charge < -0.3 is 29.8 Å². The van der Waals surface area contributed by atoms with Gasteiger partial charge in [0.1, 0.15) is 23.7 Å². The van der Waals surface area contributed by atoms with Gasteiger partial charge in [-0.05, 0) is 78.0 Å². The van der Waals surface area contributed by atoms with E-state index in [9.17, 15) is 19.2 Å². The Labute approximate surface area is 349 Å². The predicted molar refractivity (Wildman–Crippen MR) is 229 cm³/mol. The number of amides is 3. The molecule has 4 heterocycles. The highest BCUT2D eigenvalue weighted by molar-refractivity contribution is 5.94. The Balaban J connectivity index is 0.952. The molecule has 13 heteroatoms. The molecule has 308 valence electrons. The van der Waals surface area contributed by atoms with Crippen molar-refractivity contribution in [2.75, 3.05) is 34.3 Å². The Bertz CT molecular complexity index is 2530. The zero-order valence-corrected chi connectivity index (χ0v) is 34.5. The number of benzene rings is 4. The van der Waals surface area contributed by atoms with E-state index in [0.717, 1.165) is 68.6 Å². The van der Waals surface area contributed by atoms with Crippen LogP contribution < -0.4 is 5.32 Å². The molecule has 0 saturated carbocycles. The molecule has 0 unspecified atom stereocenters. The number of rotatable bonds is 11. The van der Waals surface area contributed by atoms with E-state index in [1.54, 1.807) is 6.20 Å². The molecule has 60 heavy (non-hydrogen) atoms. The van der Waals surface area contributed by atoms with Gasteiger partial charge in [0.15, 0.2) is 5.78 Å². The van der Waals surface area contributed by atoms with Crippen molar-refractivity contribution in [3.05, 3.63) is 121 Å². The van der Waals surface area contributed by atoms with Crippen LogP contribution in [0.4, 0.5) is 4.79 Å². The molecule has 2 saturated heterocycles. The highest BCUT2D eigenvalue weighted by Crippen LogP contribution is 2.36. The Morgan fingerprint density at radius 1 is 0.767 bits per heavy atom. The topological polar surface area (TPSA) is 157 Å². The Morgan fingerprint density at radius 3 is 2.02 bits per heavy atom. The zero-order valence-electron chi connectivity index (χ0n) is 34.5. The minimum Gasteiger partial charge on any atom is -0.453 e. The first-order valence-electron chi connectivity index (χ1n) is 20.4. The lowest BCUT2D eigenvalue weighted by molar-refractivity contribution is -0.137. The van der Waals surface area contributed by atoms with Gasteiger partial charge in [-0.2, -0.15) is 0 Å². The van der Waals surface area contributed by atoms with Crippen molar-refractivity contribution in [3.8, 4) is 33.6 Å². The summed E-state index contributed by atoms with van der Waals surface area (Å²) in [5.74, 6) is 0.768. The lowest BCUT2D eigenvalue weighted by atomic mass is 9.98. The van der Waals surface area contributed by atoms with Gasteiger partial charge in [0.2, 0.25) is 11.8 Å². The Morgan fingerprint density at radius 2 is 1.37 bits per heavy atom. The molecule has 2 aromatic heterocycles. The van der Waals surface area contributed by atoms with Crippen molar-refractivity contribution in [1.29, 1.82) is 0 Å². The highest BCUT2D eigenvalue weighted by Gasteiger charge is 2.41. The van der Waals surface area contributed by atoms with E-state index in [2.05, 4.69) is 74.9 Å². The van der Waals surface area contributed by atoms with Gasteiger partial charge in [0, 0.05) is 18.5 Å². The van der Waals surface area contributed by atoms with Crippen molar-refractivity contribution in [2.45, 2.75) is 57.3 Å². The van der Waals surface area contributed by atoms with Crippen LogP contribution >= 0.6 is 0 Å². The number of aromatic nitrogens is 4. The largest absolute Gasteiger partial charge is 0.453 e. The molecule has 13 nitrogen and oxygen atoms in total. The molecule has 2 aliphatic heterocycles. The maximum atomic E-state index is 13.9. The van der Waals surface area contributed by atoms with E-state index in [0.29, 0.717) is 12.4 Å². The predicted octanol–water partition coefficient (Wildman–Crippen LogP) is 7.48. The lowest BCUT2D eigenvalue weighted by Crippen LogP contribution is -2.51. The van der Waals surface area contributed by atoms with Crippen LogP contribution in [-0.4, -0.2) is 98.7 Å². The molecule has 0 bridgehead atoms. The van der Waals surface area contributed by atoms with E-state index in [1.165, 1.54) is 12.0 Å². The van der Waals surface area contributed by atoms with Gasteiger partial charge >= 0.3 is 6.09 Å². The van der Waals surface area contributed by atoms with E-state index in [4.69, 9.17) is 9.72 Å². The number of carbonyl (C=O) groups excluding carboxylic acids is 4.